The molecule has 0 aromatic rings. The van der Waals surface area contributed by atoms with Crippen LogP contribution in [0.15, 0.2) is 0 Å². The van der Waals surface area contributed by atoms with Crippen LogP contribution in [0.3, 0.4) is 0 Å². The molecule has 6 unspecified atom stereocenters. The number of carbonyl (C=O) groups excluding carboxylic acids is 1. The van der Waals surface area contributed by atoms with E-state index in [1.165, 1.54) is 4.90 Å². The van der Waals surface area contributed by atoms with Gasteiger partial charge in [-0.3, -0.25) is 4.79 Å². The minimum atomic E-state index is -1.16. The van der Waals surface area contributed by atoms with Crippen molar-refractivity contribution in [2.75, 3.05) is 6.61 Å². The number of amides is 1. The van der Waals surface area contributed by atoms with Crippen LogP contribution in [-0.4, -0.2) is 75.0 Å². The largest absolute Gasteiger partial charge is 0.394 e. The highest BCUT2D eigenvalue weighted by molar-refractivity contribution is 5.86. The molecule has 3 heterocycles. The van der Waals surface area contributed by atoms with Gasteiger partial charge in [0.05, 0.1) is 18.7 Å². The number of hydrogen-bond acceptors (Lipinski definition) is 6. The van der Waals surface area contributed by atoms with Crippen LogP contribution in [0, 0.1) is 0 Å². The minimum Gasteiger partial charge on any atom is -0.394 e. The summed E-state index contributed by atoms with van der Waals surface area (Å²) in [5, 5.41) is 29.1. The average molecular weight is 259 g/mol. The lowest BCUT2D eigenvalue weighted by Gasteiger charge is -2.27. The van der Waals surface area contributed by atoms with Crippen molar-refractivity contribution in [3.63, 3.8) is 0 Å². The molecule has 7 nitrogen and oxygen atoms in total. The molecule has 0 radical (unpaired) electrons. The first-order valence-electron chi connectivity index (χ1n) is 6.02. The van der Waals surface area contributed by atoms with E-state index in [1.54, 1.807) is 13.8 Å². The molecule has 3 rings (SSSR count). The number of rotatable bonds is 1. The van der Waals surface area contributed by atoms with Gasteiger partial charge >= 0.3 is 0 Å². The molecule has 18 heavy (non-hydrogen) atoms. The zero-order chi connectivity index (χ0) is 13.2. The zero-order valence-electron chi connectivity index (χ0n) is 10.2. The van der Waals surface area contributed by atoms with E-state index in [0.717, 1.165) is 0 Å². The molecule has 3 aliphatic heterocycles. The molecule has 0 aromatic heterocycles. The number of fused-ring (bicyclic) bond motifs is 3. The minimum absolute atomic E-state index is 0.342. The van der Waals surface area contributed by atoms with Crippen molar-refractivity contribution in [2.45, 2.75) is 56.1 Å². The fraction of sp³-hybridized carbons (Fsp3) is 0.909. The SMILES string of the molecule is CC1(C)OC2C(=O)N3C(CO)C(O)C(O)C3C2O1. The number of nitrogens with zero attached hydrogens (tertiary/aromatic N) is 1. The molecule has 0 saturated carbocycles. The quantitative estimate of drug-likeness (QED) is 0.495. The van der Waals surface area contributed by atoms with E-state index in [0.29, 0.717) is 0 Å². The van der Waals surface area contributed by atoms with Gasteiger partial charge in [-0.05, 0) is 13.8 Å². The standard InChI is InChI=1S/C11H17NO6/c1-11(2)17-8-5-7(15)6(14)4(3-13)12(5)10(16)9(8)18-11/h4-9,13-15H,3H2,1-2H3. The molecule has 3 saturated heterocycles. The summed E-state index contributed by atoms with van der Waals surface area (Å²) in [6.45, 7) is 3.00. The Morgan fingerprint density at radius 3 is 2.56 bits per heavy atom. The summed E-state index contributed by atoms with van der Waals surface area (Å²) in [4.78, 5) is 13.5. The smallest absolute Gasteiger partial charge is 0.255 e. The lowest BCUT2D eigenvalue weighted by molar-refractivity contribution is -0.175. The first-order chi connectivity index (χ1) is 8.37. The van der Waals surface area contributed by atoms with Crippen molar-refractivity contribution in [1.29, 1.82) is 0 Å². The Kier molecular flexibility index (Phi) is 2.49. The molecule has 7 heteroatoms. The Hall–Kier alpha value is -0.730. The Morgan fingerprint density at radius 2 is 1.94 bits per heavy atom. The lowest BCUT2D eigenvalue weighted by Crippen LogP contribution is -2.44. The molecule has 3 N–H and O–H groups in total. The first-order valence-corrected chi connectivity index (χ1v) is 6.02. The molecule has 3 aliphatic rings. The van der Waals surface area contributed by atoms with Gasteiger partial charge in [0.25, 0.3) is 5.91 Å². The molecule has 0 aliphatic carbocycles. The molecular weight excluding hydrogens is 242 g/mol. The van der Waals surface area contributed by atoms with Crippen molar-refractivity contribution in [3.8, 4) is 0 Å². The highest BCUT2D eigenvalue weighted by atomic mass is 16.8. The zero-order valence-corrected chi connectivity index (χ0v) is 10.2. The van der Waals surface area contributed by atoms with Gasteiger partial charge in [-0.1, -0.05) is 0 Å². The van der Waals surface area contributed by atoms with Crippen molar-refractivity contribution in [3.05, 3.63) is 0 Å². The van der Waals surface area contributed by atoms with Crippen LogP contribution < -0.4 is 0 Å². The van der Waals surface area contributed by atoms with E-state index in [2.05, 4.69) is 0 Å². The van der Waals surface area contributed by atoms with E-state index in [1.807, 2.05) is 0 Å². The third-order valence-corrected chi connectivity index (χ3v) is 3.92. The molecule has 0 aromatic carbocycles. The van der Waals surface area contributed by atoms with Gasteiger partial charge in [-0.25, -0.2) is 0 Å². The fourth-order valence-corrected chi connectivity index (χ4v) is 3.22. The van der Waals surface area contributed by atoms with Crippen molar-refractivity contribution in [2.24, 2.45) is 0 Å². The molecule has 1 amide bonds. The van der Waals surface area contributed by atoms with Crippen LogP contribution in [-0.2, 0) is 14.3 Å². The summed E-state index contributed by atoms with van der Waals surface area (Å²) >= 11 is 0. The van der Waals surface area contributed by atoms with Crippen molar-refractivity contribution >= 4 is 5.91 Å². The number of carbonyl (C=O) groups is 1. The highest BCUT2D eigenvalue weighted by Crippen LogP contribution is 2.43. The second kappa shape index (κ2) is 3.64. The van der Waals surface area contributed by atoms with Crippen molar-refractivity contribution < 1.29 is 29.6 Å². The Labute approximate surface area is 104 Å². The predicted molar refractivity (Wildman–Crippen MR) is 57.3 cm³/mol. The average Bonchev–Trinajstić information content (AvgIpc) is 2.82. The van der Waals surface area contributed by atoms with Crippen LogP contribution in [0.4, 0.5) is 0 Å². The lowest BCUT2D eigenvalue weighted by atomic mass is 10.0. The second-order valence-electron chi connectivity index (χ2n) is 5.49. The van der Waals surface area contributed by atoms with Gasteiger partial charge in [-0.15, -0.1) is 0 Å². The van der Waals surface area contributed by atoms with Gasteiger partial charge in [0.15, 0.2) is 11.9 Å². The van der Waals surface area contributed by atoms with Crippen LogP contribution in [0.2, 0.25) is 0 Å². The first kappa shape index (κ1) is 12.3. The Morgan fingerprint density at radius 1 is 1.28 bits per heavy atom. The fourth-order valence-electron chi connectivity index (χ4n) is 3.22. The van der Waals surface area contributed by atoms with Gasteiger partial charge < -0.3 is 29.7 Å². The van der Waals surface area contributed by atoms with Gasteiger partial charge in [0.1, 0.15) is 18.3 Å². The van der Waals surface area contributed by atoms with Crippen LogP contribution in [0.1, 0.15) is 13.8 Å². The Balaban J connectivity index is 1.94. The normalized spacial score (nSPS) is 49.6. The predicted octanol–water partition coefficient (Wildman–Crippen LogP) is -2.19. The molecule has 102 valence electrons. The molecule has 3 fully saturated rings. The maximum atomic E-state index is 12.2. The molecule has 6 atom stereocenters. The summed E-state index contributed by atoms with van der Waals surface area (Å²) < 4.78 is 11.1. The number of hydrogen-bond donors (Lipinski definition) is 3. The monoisotopic (exact) mass is 259 g/mol. The van der Waals surface area contributed by atoms with E-state index in [4.69, 9.17) is 9.47 Å². The Bertz CT molecular complexity index is 386. The van der Waals surface area contributed by atoms with Crippen LogP contribution in [0.25, 0.3) is 0 Å². The molecular formula is C11H17NO6. The van der Waals surface area contributed by atoms with E-state index >= 15 is 0 Å². The van der Waals surface area contributed by atoms with Gasteiger partial charge in [0, 0.05) is 0 Å². The van der Waals surface area contributed by atoms with Crippen LogP contribution in [0.5, 0.6) is 0 Å². The number of ether oxygens (including phenoxy) is 2. The van der Waals surface area contributed by atoms with Crippen molar-refractivity contribution in [1.82, 2.24) is 4.90 Å². The summed E-state index contributed by atoms with van der Waals surface area (Å²) in [6.07, 6.45) is -3.65. The summed E-state index contributed by atoms with van der Waals surface area (Å²) in [7, 11) is 0. The maximum Gasteiger partial charge on any atom is 0.255 e. The third kappa shape index (κ3) is 1.39. The topological polar surface area (TPSA) is 99.5 Å². The van der Waals surface area contributed by atoms with E-state index in [-0.39, 0.29) is 5.91 Å². The third-order valence-electron chi connectivity index (χ3n) is 3.92. The van der Waals surface area contributed by atoms with E-state index < -0.39 is 48.9 Å². The second-order valence-corrected chi connectivity index (χ2v) is 5.49. The summed E-state index contributed by atoms with van der Waals surface area (Å²) in [6, 6.07) is -1.45. The number of aliphatic hydroxyl groups excluding tert-OH is 3. The summed E-state index contributed by atoms with van der Waals surface area (Å²) in [5.41, 5.74) is 0. The van der Waals surface area contributed by atoms with Crippen LogP contribution >= 0.6 is 0 Å². The van der Waals surface area contributed by atoms with Gasteiger partial charge in [0.2, 0.25) is 0 Å². The highest BCUT2D eigenvalue weighted by Gasteiger charge is 2.66. The number of aliphatic hydroxyl groups is 3. The van der Waals surface area contributed by atoms with Gasteiger partial charge in [-0.2, -0.15) is 0 Å². The molecule has 0 spiro atoms. The van der Waals surface area contributed by atoms with E-state index in [9.17, 15) is 20.1 Å². The maximum absolute atomic E-state index is 12.2. The molecule has 0 bridgehead atoms. The summed E-state index contributed by atoms with van der Waals surface area (Å²) in [5.74, 6) is -1.22.